The highest BCUT2D eigenvalue weighted by atomic mass is 35.5. The van der Waals surface area contributed by atoms with Gasteiger partial charge >= 0.3 is 0 Å². The van der Waals surface area contributed by atoms with E-state index in [1.165, 1.54) is 23.1 Å². The van der Waals surface area contributed by atoms with Crippen LogP contribution < -0.4 is 5.32 Å². The predicted molar refractivity (Wildman–Crippen MR) is 85.2 cm³/mol. The number of benzene rings is 2. The molecule has 0 fully saturated rings. The van der Waals surface area contributed by atoms with Gasteiger partial charge in [-0.15, -0.1) is 0 Å². The fourth-order valence-electron chi connectivity index (χ4n) is 2.65. The molecule has 0 amide bonds. The Balaban J connectivity index is 2.06. The second kappa shape index (κ2) is 5.88. The fraction of sp³-hybridized carbons (Fsp3) is 0.176. The summed E-state index contributed by atoms with van der Waals surface area (Å²) < 4.78 is 15.5. The topological polar surface area (TPSA) is 17.0 Å². The summed E-state index contributed by atoms with van der Waals surface area (Å²) in [5, 5.41) is 4.94. The number of hydrogen-bond donors (Lipinski definition) is 1. The summed E-state index contributed by atoms with van der Waals surface area (Å²) in [6, 6.07) is 12.8. The van der Waals surface area contributed by atoms with Crippen molar-refractivity contribution in [2.24, 2.45) is 0 Å². The number of nitrogens with one attached hydrogen (secondary N) is 1. The lowest BCUT2D eigenvalue weighted by Gasteiger charge is -2.11. The fourth-order valence-corrected chi connectivity index (χ4v) is 2.83. The maximum Gasteiger partial charge on any atom is 0.123 e. The Morgan fingerprint density at radius 1 is 1.14 bits per heavy atom. The van der Waals surface area contributed by atoms with E-state index in [9.17, 15) is 4.39 Å². The SMILES string of the molecule is CNCc1cccc2ccn(Cc3cc(F)ccc3Cl)c12. The number of fused-ring (bicyclic) bond motifs is 1. The zero-order chi connectivity index (χ0) is 14.8. The highest BCUT2D eigenvalue weighted by molar-refractivity contribution is 6.31. The minimum atomic E-state index is -0.263. The van der Waals surface area contributed by atoms with Gasteiger partial charge in [-0.2, -0.15) is 0 Å². The molecule has 0 aliphatic carbocycles. The number of hydrogen-bond acceptors (Lipinski definition) is 1. The summed E-state index contributed by atoms with van der Waals surface area (Å²) in [6.45, 7) is 1.35. The molecule has 21 heavy (non-hydrogen) atoms. The molecule has 0 aliphatic rings. The third-order valence-electron chi connectivity index (χ3n) is 3.59. The molecule has 0 spiro atoms. The van der Waals surface area contributed by atoms with Crippen molar-refractivity contribution in [3.8, 4) is 0 Å². The lowest BCUT2D eigenvalue weighted by atomic mass is 10.1. The van der Waals surface area contributed by atoms with Crippen LogP contribution in [0.2, 0.25) is 5.02 Å². The molecule has 1 heterocycles. The molecule has 0 unspecified atom stereocenters. The Bertz CT molecular complexity index is 780. The van der Waals surface area contributed by atoms with Gasteiger partial charge in [0.1, 0.15) is 5.82 Å². The van der Waals surface area contributed by atoms with E-state index in [0.29, 0.717) is 11.6 Å². The molecule has 2 aromatic carbocycles. The van der Waals surface area contributed by atoms with Crippen molar-refractivity contribution in [2.45, 2.75) is 13.1 Å². The van der Waals surface area contributed by atoms with E-state index in [1.54, 1.807) is 6.07 Å². The summed E-state index contributed by atoms with van der Waals surface area (Å²) in [4.78, 5) is 0. The Kier molecular flexibility index (Phi) is 3.95. The molecule has 1 N–H and O–H groups in total. The van der Waals surface area contributed by atoms with Crippen molar-refractivity contribution in [1.29, 1.82) is 0 Å². The van der Waals surface area contributed by atoms with Gasteiger partial charge in [0.25, 0.3) is 0 Å². The first-order chi connectivity index (χ1) is 10.2. The van der Waals surface area contributed by atoms with Crippen molar-refractivity contribution in [3.05, 3.63) is 70.6 Å². The number of para-hydroxylation sites is 1. The predicted octanol–water partition coefficient (Wildman–Crippen LogP) is 4.20. The Morgan fingerprint density at radius 3 is 2.81 bits per heavy atom. The van der Waals surface area contributed by atoms with E-state index in [-0.39, 0.29) is 5.82 Å². The number of halogens is 2. The van der Waals surface area contributed by atoms with E-state index in [1.807, 2.05) is 13.2 Å². The average molecular weight is 303 g/mol. The molecule has 0 bridgehead atoms. The van der Waals surface area contributed by atoms with Crippen molar-refractivity contribution in [3.63, 3.8) is 0 Å². The molecule has 1 aromatic heterocycles. The largest absolute Gasteiger partial charge is 0.343 e. The minimum absolute atomic E-state index is 0.263. The van der Waals surface area contributed by atoms with E-state index in [2.05, 4.69) is 34.1 Å². The monoisotopic (exact) mass is 302 g/mol. The third-order valence-corrected chi connectivity index (χ3v) is 3.96. The van der Waals surface area contributed by atoms with Gasteiger partial charge in [0, 0.05) is 24.3 Å². The van der Waals surface area contributed by atoms with Crippen molar-refractivity contribution >= 4 is 22.5 Å². The maximum atomic E-state index is 13.4. The second-order valence-corrected chi connectivity index (χ2v) is 5.47. The van der Waals surface area contributed by atoms with Crippen LogP contribution in [0.5, 0.6) is 0 Å². The molecule has 2 nitrogen and oxygen atoms in total. The van der Waals surface area contributed by atoms with Crippen LogP contribution in [-0.2, 0) is 13.1 Å². The molecule has 3 rings (SSSR count). The first-order valence-corrected chi connectivity index (χ1v) is 7.22. The Hall–Kier alpha value is -1.84. The molecule has 0 radical (unpaired) electrons. The summed E-state index contributed by atoms with van der Waals surface area (Å²) in [5.74, 6) is -0.263. The first-order valence-electron chi connectivity index (χ1n) is 6.84. The van der Waals surface area contributed by atoms with Gasteiger partial charge < -0.3 is 9.88 Å². The van der Waals surface area contributed by atoms with Crippen LogP contribution in [0.1, 0.15) is 11.1 Å². The highest BCUT2D eigenvalue weighted by Gasteiger charge is 2.09. The van der Waals surface area contributed by atoms with E-state index in [0.717, 1.165) is 17.6 Å². The Morgan fingerprint density at radius 2 is 2.00 bits per heavy atom. The van der Waals surface area contributed by atoms with Crippen LogP contribution in [0, 0.1) is 5.82 Å². The van der Waals surface area contributed by atoms with Gasteiger partial charge in [-0.25, -0.2) is 4.39 Å². The van der Waals surface area contributed by atoms with E-state index >= 15 is 0 Å². The maximum absolute atomic E-state index is 13.4. The average Bonchev–Trinajstić information content (AvgIpc) is 2.88. The lowest BCUT2D eigenvalue weighted by molar-refractivity contribution is 0.624. The van der Waals surface area contributed by atoms with Gasteiger partial charge in [-0.1, -0.05) is 29.8 Å². The van der Waals surface area contributed by atoms with Crippen LogP contribution in [0.25, 0.3) is 10.9 Å². The van der Waals surface area contributed by atoms with Crippen LogP contribution in [-0.4, -0.2) is 11.6 Å². The van der Waals surface area contributed by atoms with Crippen LogP contribution in [0.15, 0.2) is 48.7 Å². The van der Waals surface area contributed by atoms with Crippen molar-refractivity contribution < 1.29 is 4.39 Å². The zero-order valence-corrected chi connectivity index (χ0v) is 12.5. The summed E-state index contributed by atoms with van der Waals surface area (Å²) in [6.07, 6.45) is 2.02. The summed E-state index contributed by atoms with van der Waals surface area (Å²) in [5.41, 5.74) is 3.16. The lowest BCUT2D eigenvalue weighted by Crippen LogP contribution is -2.08. The second-order valence-electron chi connectivity index (χ2n) is 5.06. The van der Waals surface area contributed by atoms with Gasteiger partial charge in [0.05, 0.1) is 5.52 Å². The third kappa shape index (κ3) is 2.80. The molecule has 0 saturated heterocycles. The summed E-state index contributed by atoms with van der Waals surface area (Å²) in [7, 11) is 1.93. The van der Waals surface area contributed by atoms with Gasteiger partial charge in [0.2, 0.25) is 0 Å². The molecule has 108 valence electrons. The van der Waals surface area contributed by atoms with Crippen LogP contribution >= 0.6 is 11.6 Å². The van der Waals surface area contributed by atoms with Gasteiger partial charge in [0.15, 0.2) is 0 Å². The van der Waals surface area contributed by atoms with E-state index < -0.39 is 0 Å². The molecule has 0 atom stereocenters. The zero-order valence-electron chi connectivity index (χ0n) is 11.7. The summed E-state index contributed by atoms with van der Waals surface area (Å²) >= 11 is 6.17. The van der Waals surface area contributed by atoms with Crippen LogP contribution in [0.4, 0.5) is 4.39 Å². The van der Waals surface area contributed by atoms with E-state index in [4.69, 9.17) is 11.6 Å². The molecular weight excluding hydrogens is 287 g/mol. The van der Waals surface area contributed by atoms with Gasteiger partial charge in [-0.05, 0) is 47.8 Å². The van der Waals surface area contributed by atoms with Gasteiger partial charge in [-0.3, -0.25) is 0 Å². The normalized spacial score (nSPS) is 11.2. The molecule has 4 heteroatoms. The molecule has 0 saturated carbocycles. The first kappa shape index (κ1) is 14.1. The van der Waals surface area contributed by atoms with Crippen LogP contribution in [0.3, 0.4) is 0 Å². The molecule has 0 aliphatic heterocycles. The number of rotatable bonds is 4. The van der Waals surface area contributed by atoms with Crippen molar-refractivity contribution in [2.75, 3.05) is 7.05 Å². The molecular formula is C17H16ClFN2. The van der Waals surface area contributed by atoms with Crippen molar-refractivity contribution in [1.82, 2.24) is 9.88 Å². The molecule has 3 aromatic rings. The standard InChI is InChI=1S/C17H16ClFN2/c1-20-10-13-4-2-3-12-7-8-21(17(12)13)11-14-9-15(19)5-6-16(14)18/h2-9,20H,10-11H2,1H3. The Labute approximate surface area is 128 Å². The minimum Gasteiger partial charge on any atom is -0.343 e. The number of aromatic nitrogens is 1. The smallest absolute Gasteiger partial charge is 0.123 e. The quantitative estimate of drug-likeness (QED) is 0.764. The highest BCUT2D eigenvalue weighted by Crippen LogP contribution is 2.24. The number of nitrogens with zero attached hydrogens (tertiary/aromatic N) is 1.